The van der Waals surface area contributed by atoms with Crippen molar-refractivity contribution in [1.29, 1.82) is 0 Å². The Morgan fingerprint density at radius 2 is 2.21 bits per heavy atom. The minimum Gasteiger partial charge on any atom is -0.466 e. The summed E-state index contributed by atoms with van der Waals surface area (Å²) in [5, 5.41) is 4.80. The van der Waals surface area contributed by atoms with Crippen molar-refractivity contribution in [2.45, 2.75) is 38.3 Å². The lowest BCUT2D eigenvalue weighted by Crippen LogP contribution is -2.51. The molecule has 0 radical (unpaired) electrons. The van der Waals surface area contributed by atoms with Crippen LogP contribution in [-0.2, 0) is 23.9 Å². The minimum absolute atomic E-state index is 0.178. The van der Waals surface area contributed by atoms with Crippen LogP contribution in [0.3, 0.4) is 0 Å². The zero-order chi connectivity index (χ0) is 14.4. The molecule has 1 aliphatic heterocycles. The molecule has 4 N–H and O–H groups in total. The van der Waals surface area contributed by atoms with Crippen molar-refractivity contribution >= 4 is 23.7 Å². The summed E-state index contributed by atoms with van der Waals surface area (Å²) in [6, 6.07) is -1.82. The second-order valence-corrected chi connectivity index (χ2v) is 4.13. The van der Waals surface area contributed by atoms with E-state index in [0.29, 0.717) is 6.42 Å². The molecule has 0 spiro atoms. The van der Waals surface area contributed by atoms with E-state index in [1.807, 2.05) is 0 Å². The number of amides is 3. The van der Waals surface area contributed by atoms with Gasteiger partial charge in [-0.3, -0.25) is 19.2 Å². The zero-order valence-electron chi connectivity index (χ0n) is 10.6. The highest BCUT2D eigenvalue weighted by atomic mass is 16.5. The molecule has 1 rings (SSSR count). The van der Waals surface area contributed by atoms with E-state index in [9.17, 15) is 19.2 Å². The minimum atomic E-state index is -1.14. The van der Waals surface area contributed by atoms with Gasteiger partial charge in [0.15, 0.2) is 0 Å². The number of hydrogen-bond donors (Lipinski definition) is 3. The van der Waals surface area contributed by atoms with Crippen LogP contribution in [0.2, 0.25) is 0 Å². The Labute approximate surface area is 110 Å². The molecule has 0 aliphatic carbocycles. The Kier molecular flexibility index (Phi) is 5.28. The van der Waals surface area contributed by atoms with Gasteiger partial charge in [0.2, 0.25) is 17.7 Å². The Hall–Kier alpha value is -2.12. The van der Waals surface area contributed by atoms with E-state index in [4.69, 9.17) is 5.73 Å². The second kappa shape index (κ2) is 6.72. The van der Waals surface area contributed by atoms with Gasteiger partial charge in [-0.05, 0) is 13.3 Å². The fourth-order valence-corrected chi connectivity index (χ4v) is 1.69. The summed E-state index contributed by atoms with van der Waals surface area (Å²) < 4.78 is 4.68. The first-order valence-corrected chi connectivity index (χ1v) is 5.98. The molecule has 8 nitrogen and oxygen atoms in total. The Morgan fingerprint density at radius 1 is 1.53 bits per heavy atom. The van der Waals surface area contributed by atoms with E-state index < -0.39 is 29.9 Å². The van der Waals surface area contributed by atoms with Crippen LogP contribution in [-0.4, -0.2) is 42.4 Å². The van der Waals surface area contributed by atoms with Gasteiger partial charge in [-0.1, -0.05) is 0 Å². The van der Waals surface area contributed by atoms with Gasteiger partial charge in [-0.15, -0.1) is 0 Å². The van der Waals surface area contributed by atoms with E-state index in [-0.39, 0.29) is 25.4 Å². The fourth-order valence-electron chi connectivity index (χ4n) is 1.69. The Morgan fingerprint density at radius 3 is 2.68 bits per heavy atom. The van der Waals surface area contributed by atoms with Gasteiger partial charge < -0.3 is 21.1 Å². The van der Waals surface area contributed by atoms with Crippen molar-refractivity contribution < 1.29 is 23.9 Å². The van der Waals surface area contributed by atoms with E-state index in [1.165, 1.54) is 0 Å². The van der Waals surface area contributed by atoms with Crippen molar-refractivity contribution in [3.8, 4) is 0 Å². The van der Waals surface area contributed by atoms with Crippen molar-refractivity contribution in [2.24, 2.45) is 5.73 Å². The summed E-state index contributed by atoms with van der Waals surface area (Å²) in [4.78, 5) is 45.2. The van der Waals surface area contributed by atoms with Crippen LogP contribution in [0.15, 0.2) is 0 Å². The molecule has 0 saturated carbocycles. The van der Waals surface area contributed by atoms with Gasteiger partial charge >= 0.3 is 5.97 Å². The van der Waals surface area contributed by atoms with Gasteiger partial charge in [-0.25, -0.2) is 0 Å². The van der Waals surface area contributed by atoms with Crippen molar-refractivity contribution in [3.05, 3.63) is 0 Å². The van der Waals surface area contributed by atoms with Gasteiger partial charge in [-0.2, -0.15) is 0 Å². The third-order valence-corrected chi connectivity index (χ3v) is 2.65. The maximum Gasteiger partial charge on any atom is 0.308 e. The standard InChI is InChI=1S/C11H17N3O5/c1-2-19-9(16)5-7(10(12)17)14-11(18)6-3-4-8(15)13-6/h6-7H,2-5H2,1H3,(H2,12,17)(H,13,15)(H,14,18)/t6-,7-/m1/s1. The molecule has 0 aromatic carbocycles. The van der Waals surface area contributed by atoms with Gasteiger partial charge in [0.25, 0.3) is 0 Å². The number of carbonyl (C=O) groups is 4. The van der Waals surface area contributed by atoms with Gasteiger partial charge in [0, 0.05) is 6.42 Å². The molecule has 1 saturated heterocycles. The van der Waals surface area contributed by atoms with Gasteiger partial charge in [0.05, 0.1) is 13.0 Å². The number of nitrogens with one attached hydrogen (secondary N) is 2. The maximum atomic E-state index is 11.8. The highest BCUT2D eigenvalue weighted by Gasteiger charge is 2.30. The molecule has 106 valence electrons. The smallest absolute Gasteiger partial charge is 0.308 e. The Balaban J connectivity index is 2.53. The highest BCUT2D eigenvalue weighted by Crippen LogP contribution is 2.07. The lowest BCUT2D eigenvalue weighted by atomic mass is 10.1. The number of rotatable bonds is 6. The van der Waals surface area contributed by atoms with Crippen LogP contribution in [0.4, 0.5) is 0 Å². The van der Waals surface area contributed by atoms with E-state index in [0.717, 1.165) is 0 Å². The SMILES string of the molecule is CCOC(=O)C[C@@H](NC(=O)[C@H]1CCC(=O)N1)C(N)=O. The number of nitrogens with two attached hydrogens (primary N) is 1. The summed E-state index contributed by atoms with van der Waals surface area (Å²) >= 11 is 0. The van der Waals surface area contributed by atoms with Crippen LogP contribution in [0.1, 0.15) is 26.2 Å². The van der Waals surface area contributed by atoms with Crippen molar-refractivity contribution in [3.63, 3.8) is 0 Å². The summed E-state index contributed by atoms with van der Waals surface area (Å²) in [5.74, 6) is -2.20. The molecule has 0 aromatic heterocycles. The lowest BCUT2D eigenvalue weighted by Gasteiger charge is -2.17. The molecule has 1 heterocycles. The number of primary amides is 1. The number of carbonyl (C=O) groups excluding carboxylic acids is 4. The average molecular weight is 271 g/mol. The van der Waals surface area contributed by atoms with Crippen LogP contribution in [0, 0.1) is 0 Å². The first-order valence-electron chi connectivity index (χ1n) is 5.98. The normalized spacial score (nSPS) is 19.4. The average Bonchev–Trinajstić information content (AvgIpc) is 2.75. The third-order valence-electron chi connectivity index (χ3n) is 2.65. The van der Waals surface area contributed by atoms with Crippen LogP contribution in [0.5, 0.6) is 0 Å². The molecule has 8 heteroatoms. The third kappa shape index (κ3) is 4.57. The quantitative estimate of drug-likeness (QED) is 0.490. The van der Waals surface area contributed by atoms with Gasteiger partial charge in [0.1, 0.15) is 12.1 Å². The molecule has 19 heavy (non-hydrogen) atoms. The predicted octanol–water partition coefficient (Wildman–Crippen LogP) is -1.81. The molecule has 1 aliphatic rings. The lowest BCUT2D eigenvalue weighted by molar-refractivity contribution is -0.145. The molecular weight excluding hydrogens is 254 g/mol. The first kappa shape index (κ1) is 14.9. The highest BCUT2D eigenvalue weighted by molar-refractivity contribution is 5.94. The first-order chi connectivity index (χ1) is 8.93. The van der Waals surface area contributed by atoms with Crippen LogP contribution in [0.25, 0.3) is 0 Å². The molecule has 0 aromatic rings. The summed E-state index contributed by atoms with van der Waals surface area (Å²) in [6.07, 6.45) is 0.294. The maximum absolute atomic E-state index is 11.8. The van der Waals surface area contributed by atoms with E-state index in [2.05, 4.69) is 15.4 Å². The predicted molar refractivity (Wildman–Crippen MR) is 63.5 cm³/mol. The molecule has 3 amide bonds. The zero-order valence-corrected chi connectivity index (χ0v) is 10.6. The molecule has 1 fully saturated rings. The van der Waals surface area contributed by atoms with Crippen molar-refractivity contribution in [2.75, 3.05) is 6.61 Å². The van der Waals surface area contributed by atoms with Crippen molar-refractivity contribution in [1.82, 2.24) is 10.6 Å². The molecule has 2 atom stereocenters. The van der Waals surface area contributed by atoms with Crippen LogP contribution >= 0.6 is 0 Å². The summed E-state index contributed by atoms with van der Waals surface area (Å²) in [5.41, 5.74) is 5.11. The largest absolute Gasteiger partial charge is 0.466 e. The Bertz CT molecular complexity index is 396. The fraction of sp³-hybridized carbons (Fsp3) is 0.636. The monoisotopic (exact) mass is 271 g/mol. The summed E-state index contributed by atoms with van der Waals surface area (Å²) in [7, 11) is 0. The summed E-state index contributed by atoms with van der Waals surface area (Å²) in [6.45, 7) is 1.81. The molecular formula is C11H17N3O5. The van der Waals surface area contributed by atoms with E-state index >= 15 is 0 Å². The number of esters is 1. The topological polar surface area (TPSA) is 128 Å². The van der Waals surface area contributed by atoms with E-state index in [1.54, 1.807) is 6.92 Å². The number of ether oxygens (including phenoxy) is 1. The molecule has 0 bridgehead atoms. The second-order valence-electron chi connectivity index (χ2n) is 4.13. The van der Waals surface area contributed by atoms with Crippen LogP contribution < -0.4 is 16.4 Å². The molecule has 0 unspecified atom stereocenters. The number of hydrogen-bond acceptors (Lipinski definition) is 5.